The minimum atomic E-state index is -1.98. The van der Waals surface area contributed by atoms with Gasteiger partial charge in [-0.2, -0.15) is 0 Å². The summed E-state index contributed by atoms with van der Waals surface area (Å²) >= 11 is 0. The van der Waals surface area contributed by atoms with E-state index < -0.39 is 124 Å². The van der Waals surface area contributed by atoms with Gasteiger partial charge in [-0.3, -0.25) is 4.79 Å². The fourth-order valence-corrected chi connectivity index (χ4v) is 13.1. The summed E-state index contributed by atoms with van der Waals surface area (Å²) in [7, 11) is 0. The topological polar surface area (TPSA) is 307 Å². The molecule has 19 nitrogen and oxygen atoms in total. The number of aliphatic hydroxyl groups is 11. The first-order valence-electron chi connectivity index (χ1n) is 38.9. The van der Waals surface area contributed by atoms with Gasteiger partial charge in [0, 0.05) is 6.42 Å². The van der Waals surface area contributed by atoms with Gasteiger partial charge in [0.2, 0.25) is 5.91 Å². The summed E-state index contributed by atoms with van der Waals surface area (Å²) in [4.78, 5) is 13.4. The highest BCUT2D eigenvalue weighted by Gasteiger charge is 2.53. The summed E-state index contributed by atoms with van der Waals surface area (Å²) in [6.45, 7) is 1.75. The number of amides is 1. The lowest BCUT2D eigenvalue weighted by atomic mass is 9.96. The first-order chi connectivity index (χ1) is 46.8. The molecule has 17 atom stereocenters. The van der Waals surface area contributed by atoms with Crippen LogP contribution < -0.4 is 5.32 Å². The molecular weight excluding hydrogens is 1230 g/mol. The standard InChI is InChI=1S/C77H141NO18/c1-3-5-7-9-11-13-15-17-19-21-22-23-24-25-26-27-28-29-30-31-32-33-34-35-36-37-38-39-41-43-45-47-49-51-53-55-65(83)78-60(61(82)54-52-50-48-46-44-42-40-20-18-16-14-12-10-8-6-4-2)59-91-75-71(89)68(86)73(63(57-80)93-75)96-77-72(90)69(87)74(64(58-81)94-77)95-76-70(88)67(85)66(84)62(56-79)92-76/h15,17,21-22,24-25,52,54,60-64,66-77,79-82,84-90H,3-14,16,18-20,23,26-51,53,55-59H2,1-2H3,(H,78,83)/b17-15-,22-21-,25-24-,54-52+. The number of hydrogen-bond acceptors (Lipinski definition) is 18. The van der Waals surface area contributed by atoms with Crippen LogP contribution in [0.15, 0.2) is 48.6 Å². The summed E-state index contributed by atoms with van der Waals surface area (Å²) in [5, 5.41) is 121. The van der Waals surface area contributed by atoms with E-state index in [0.717, 1.165) is 57.8 Å². The summed E-state index contributed by atoms with van der Waals surface area (Å²) in [6, 6.07) is -0.973. The summed E-state index contributed by atoms with van der Waals surface area (Å²) < 4.78 is 34.4. The van der Waals surface area contributed by atoms with Gasteiger partial charge in [-0.05, 0) is 57.8 Å². The van der Waals surface area contributed by atoms with Crippen molar-refractivity contribution in [2.45, 2.75) is 407 Å². The minimum absolute atomic E-state index is 0.246. The lowest BCUT2D eigenvalue weighted by Gasteiger charge is -2.48. The van der Waals surface area contributed by atoms with Gasteiger partial charge in [-0.15, -0.1) is 0 Å². The van der Waals surface area contributed by atoms with Crippen LogP contribution in [-0.4, -0.2) is 193 Å². The Balaban J connectivity index is 1.34. The van der Waals surface area contributed by atoms with Crippen LogP contribution in [0.4, 0.5) is 0 Å². The molecule has 0 radical (unpaired) electrons. The molecule has 12 N–H and O–H groups in total. The maximum Gasteiger partial charge on any atom is 0.220 e. The first kappa shape index (κ1) is 88.0. The van der Waals surface area contributed by atoms with Crippen molar-refractivity contribution in [1.29, 1.82) is 0 Å². The van der Waals surface area contributed by atoms with Crippen LogP contribution in [0.1, 0.15) is 303 Å². The van der Waals surface area contributed by atoms with Crippen molar-refractivity contribution >= 4 is 5.91 Å². The molecule has 0 aromatic carbocycles. The second-order valence-electron chi connectivity index (χ2n) is 27.8. The van der Waals surface area contributed by atoms with Crippen molar-refractivity contribution in [3.63, 3.8) is 0 Å². The first-order valence-corrected chi connectivity index (χ1v) is 38.9. The van der Waals surface area contributed by atoms with E-state index in [9.17, 15) is 61.0 Å². The van der Waals surface area contributed by atoms with Crippen LogP contribution in [0.25, 0.3) is 0 Å². The molecule has 3 aliphatic rings. The highest BCUT2D eigenvalue weighted by atomic mass is 16.8. The summed E-state index contributed by atoms with van der Waals surface area (Å²) in [6.07, 6.45) is 45.3. The fraction of sp³-hybridized carbons (Fsp3) is 0.883. The second-order valence-corrected chi connectivity index (χ2v) is 27.8. The van der Waals surface area contributed by atoms with E-state index in [1.54, 1.807) is 6.08 Å². The van der Waals surface area contributed by atoms with Crippen LogP contribution in [0.3, 0.4) is 0 Å². The van der Waals surface area contributed by atoms with Crippen LogP contribution in [-0.2, 0) is 33.2 Å². The van der Waals surface area contributed by atoms with Crippen molar-refractivity contribution in [2.75, 3.05) is 26.4 Å². The molecule has 0 spiro atoms. The maximum atomic E-state index is 13.4. The number of allylic oxidation sites excluding steroid dienone is 7. The Morgan fingerprint density at radius 2 is 0.688 bits per heavy atom. The third-order valence-electron chi connectivity index (χ3n) is 19.4. The molecule has 0 aromatic heterocycles. The zero-order valence-corrected chi connectivity index (χ0v) is 59.9. The Bertz CT molecular complexity index is 1930. The van der Waals surface area contributed by atoms with E-state index in [0.29, 0.717) is 6.42 Å². The van der Waals surface area contributed by atoms with Gasteiger partial charge >= 0.3 is 0 Å². The summed E-state index contributed by atoms with van der Waals surface area (Å²) in [5.41, 5.74) is 0. The van der Waals surface area contributed by atoms with Gasteiger partial charge in [0.05, 0.1) is 38.6 Å². The molecule has 17 unspecified atom stereocenters. The molecule has 3 saturated heterocycles. The average molecular weight is 1370 g/mol. The third-order valence-corrected chi connectivity index (χ3v) is 19.4. The maximum absolute atomic E-state index is 13.4. The monoisotopic (exact) mass is 1370 g/mol. The van der Waals surface area contributed by atoms with Gasteiger partial charge in [0.1, 0.15) is 73.2 Å². The number of ether oxygens (including phenoxy) is 6. The van der Waals surface area contributed by atoms with E-state index >= 15 is 0 Å². The number of unbranched alkanes of at least 4 members (excludes halogenated alkanes) is 39. The van der Waals surface area contributed by atoms with Gasteiger partial charge in [0.15, 0.2) is 18.9 Å². The second kappa shape index (κ2) is 58.3. The molecule has 0 aromatic rings. The lowest BCUT2D eigenvalue weighted by Crippen LogP contribution is -2.66. The Morgan fingerprint density at radius 1 is 0.375 bits per heavy atom. The third kappa shape index (κ3) is 38.7. The Morgan fingerprint density at radius 3 is 1.07 bits per heavy atom. The molecule has 3 heterocycles. The van der Waals surface area contributed by atoms with Gasteiger partial charge in [-0.1, -0.05) is 287 Å². The van der Waals surface area contributed by atoms with Crippen molar-refractivity contribution in [3.05, 3.63) is 48.6 Å². The molecule has 96 heavy (non-hydrogen) atoms. The number of rotatable bonds is 61. The van der Waals surface area contributed by atoms with Crippen molar-refractivity contribution in [1.82, 2.24) is 5.32 Å². The molecule has 0 saturated carbocycles. The van der Waals surface area contributed by atoms with Crippen molar-refractivity contribution in [3.8, 4) is 0 Å². The van der Waals surface area contributed by atoms with Crippen LogP contribution >= 0.6 is 0 Å². The molecule has 3 aliphatic heterocycles. The van der Waals surface area contributed by atoms with Gasteiger partial charge in [-0.25, -0.2) is 0 Å². The highest BCUT2D eigenvalue weighted by Crippen LogP contribution is 2.33. The Kier molecular flexibility index (Phi) is 53.4. The van der Waals surface area contributed by atoms with E-state index in [1.807, 2.05) is 6.08 Å². The number of hydrogen-bond donors (Lipinski definition) is 12. The SMILES string of the molecule is CCCCCCC/C=C\C/C=C\C/C=C\CCCCCCCCCCCCCCCCCCCCCCC(=O)NC(COC1OC(CO)C(OC2OC(CO)C(OC3OC(CO)C(O)C(O)C3O)C(O)C2O)C(O)C1O)C(O)/C=C/CCCCCCCCCCCCCCCC. The average Bonchev–Trinajstić information content (AvgIpc) is 0.798. The van der Waals surface area contributed by atoms with E-state index in [1.165, 1.54) is 218 Å². The quantitative estimate of drug-likeness (QED) is 0.0199. The van der Waals surface area contributed by atoms with Crippen molar-refractivity contribution in [2.24, 2.45) is 0 Å². The smallest absolute Gasteiger partial charge is 0.220 e. The molecule has 0 bridgehead atoms. The largest absolute Gasteiger partial charge is 0.394 e. The molecule has 562 valence electrons. The number of carbonyl (C=O) groups excluding carboxylic acids is 1. The molecule has 1 amide bonds. The lowest BCUT2D eigenvalue weighted by molar-refractivity contribution is -0.379. The minimum Gasteiger partial charge on any atom is -0.394 e. The van der Waals surface area contributed by atoms with Gasteiger partial charge < -0.3 is 89.9 Å². The fourth-order valence-electron chi connectivity index (χ4n) is 13.1. The predicted molar refractivity (Wildman–Crippen MR) is 379 cm³/mol. The van der Waals surface area contributed by atoms with Crippen LogP contribution in [0, 0.1) is 0 Å². The molecule has 0 aliphatic carbocycles. The van der Waals surface area contributed by atoms with E-state index in [4.69, 9.17) is 28.4 Å². The number of nitrogens with one attached hydrogen (secondary N) is 1. The van der Waals surface area contributed by atoms with Crippen LogP contribution in [0.5, 0.6) is 0 Å². The van der Waals surface area contributed by atoms with E-state index in [2.05, 4.69) is 55.6 Å². The Hall–Kier alpha value is -2.25. The van der Waals surface area contributed by atoms with Crippen LogP contribution in [0.2, 0.25) is 0 Å². The molecular formula is C77H141NO18. The van der Waals surface area contributed by atoms with E-state index in [-0.39, 0.29) is 18.9 Å². The predicted octanol–water partition coefficient (Wildman–Crippen LogP) is 12.1. The van der Waals surface area contributed by atoms with Gasteiger partial charge in [0.25, 0.3) is 0 Å². The normalized spacial score (nSPS) is 27.3. The Labute approximate surface area is 580 Å². The molecule has 19 heteroatoms. The number of aliphatic hydroxyl groups excluding tert-OH is 11. The zero-order valence-electron chi connectivity index (χ0n) is 59.9. The highest BCUT2D eigenvalue weighted by molar-refractivity contribution is 5.76. The van der Waals surface area contributed by atoms with Crippen molar-refractivity contribution < 1.29 is 89.4 Å². The number of carbonyl (C=O) groups is 1. The summed E-state index contributed by atoms with van der Waals surface area (Å²) in [5.74, 6) is -0.272. The zero-order chi connectivity index (χ0) is 69.6. The molecule has 3 rings (SSSR count). The molecule has 3 fully saturated rings.